The zero-order valence-corrected chi connectivity index (χ0v) is 37.8. The molecule has 0 aliphatic rings. The summed E-state index contributed by atoms with van der Waals surface area (Å²) >= 11 is 0. The Morgan fingerprint density at radius 3 is 1.11 bits per heavy atom. The van der Waals surface area contributed by atoms with Crippen LogP contribution in [0.15, 0.2) is 36.5 Å². The number of carbonyl (C=O) groups excluding carboxylic acids is 1. The predicted molar refractivity (Wildman–Crippen MR) is 247 cm³/mol. The molecule has 5 N–H and O–H groups in total. The first-order valence-electron chi connectivity index (χ1n) is 24.9. The Labute approximate surface area is 354 Å². The summed E-state index contributed by atoms with van der Waals surface area (Å²) in [4.78, 5) is 12.5. The number of rotatable bonds is 45. The molecule has 6 heteroatoms. The highest BCUT2D eigenvalue weighted by Gasteiger charge is 2.28. The van der Waals surface area contributed by atoms with Crippen LogP contribution in [0.2, 0.25) is 0 Å². The molecule has 0 aromatic heterocycles. The number of allylic oxidation sites excluding steroid dienone is 6. The summed E-state index contributed by atoms with van der Waals surface area (Å²) in [7, 11) is 0. The second kappa shape index (κ2) is 45.6. The molecule has 0 rings (SSSR count). The fraction of sp³-hybridized carbons (Fsp3) is 0.863. The van der Waals surface area contributed by atoms with E-state index in [0.717, 1.165) is 51.4 Å². The molecule has 1 amide bonds. The van der Waals surface area contributed by atoms with Crippen molar-refractivity contribution in [3.8, 4) is 0 Å². The highest BCUT2D eigenvalue weighted by atomic mass is 16.3. The molecule has 0 saturated heterocycles. The zero-order valence-electron chi connectivity index (χ0n) is 37.8. The maximum atomic E-state index is 12.5. The van der Waals surface area contributed by atoms with Gasteiger partial charge in [0.25, 0.3) is 0 Å². The summed E-state index contributed by atoms with van der Waals surface area (Å²) in [5.74, 6) is -0.605. The van der Waals surface area contributed by atoms with Crippen LogP contribution in [-0.2, 0) is 4.79 Å². The lowest BCUT2D eigenvalue weighted by atomic mass is 10.00. The summed E-state index contributed by atoms with van der Waals surface area (Å²) < 4.78 is 0. The number of aliphatic hydroxyl groups excluding tert-OH is 4. The molecule has 0 bridgehead atoms. The minimum Gasteiger partial charge on any atom is -0.394 e. The van der Waals surface area contributed by atoms with Crippen molar-refractivity contribution in [1.82, 2.24) is 5.32 Å². The van der Waals surface area contributed by atoms with Crippen molar-refractivity contribution in [1.29, 1.82) is 0 Å². The summed E-state index contributed by atoms with van der Waals surface area (Å²) in [5, 5.41) is 43.8. The second-order valence-corrected chi connectivity index (χ2v) is 17.1. The fourth-order valence-corrected chi connectivity index (χ4v) is 7.59. The van der Waals surface area contributed by atoms with Crippen LogP contribution in [0.4, 0.5) is 0 Å². The average Bonchev–Trinajstić information content (AvgIpc) is 3.22. The van der Waals surface area contributed by atoms with Crippen LogP contribution in [-0.4, -0.2) is 57.3 Å². The van der Waals surface area contributed by atoms with Crippen LogP contribution in [0.5, 0.6) is 0 Å². The first-order chi connectivity index (χ1) is 28.0. The van der Waals surface area contributed by atoms with Crippen molar-refractivity contribution in [2.45, 2.75) is 276 Å². The summed E-state index contributed by atoms with van der Waals surface area (Å²) in [6.07, 6.45) is 54.8. The van der Waals surface area contributed by atoms with Crippen molar-refractivity contribution < 1.29 is 25.2 Å². The average molecular weight is 804 g/mol. The molecule has 57 heavy (non-hydrogen) atoms. The molecule has 0 heterocycles. The normalized spacial score (nSPS) is 14.3. The molecule has 0 aliphatic heterocycles. The number of hydrogen-bond donors (Lipinski definition) is 5. The standard InChI is InChI=1S/C51H97NO5/c1-3-5-7-9-11-13-15-17-19-21-22-23-24-25-26-27-29-30-32-34-36-38-40-42-44-48(54)50(56)47(46-53)52-51(57)49(55)45-43-41-39-37-35-33-31-28-20-18-16-14-12-10-8-6-4-2/h29-31,33,36,38,47-50,53-56H,3-28,32,34-35,37,39-46H2,1-2H3,(H,52,57)/b30-29+,33-31-,38-36+. The molecular formula is C51H97NO5. The van der Waals surface area contributed by atoms with Gasteiger partial charge in [0.2, 0.25) is 5.91 Å². The van der Waals surface area contributed by atoms with E-state index in [0.29, 0.717) is 19.3 Å². The summed E-state index contributed by atoms with van der Waals surface area (Å²) in [6.45, 7) is 4.05. The first kappa shape index (κ1) is 55.5. The lowest BCUT2D eigenvalue weighted by Gasteiger charge is -2.27. The molecule has 0 aromatic carbocycles. The van der Waals surface area contributed by atoms with Crippen molar-refractivity contribution >= 4 is 5.91 Å². The second-order valence-electron chi connectivity index (χ2n) is 17.1. The first-order valence-corrected chi connectivity index (χ1v) is 24.9. The molecule has 4 unspecified atom stereocenters. The zero-order chi connectivity index (χ0) is 41.7. The van der Waals surface area contributed by atoms with Crippen LogP contribution in [0, 0.1) is 0 Å². The molecule has 0 radical (unpaired) electrons. The van der Waals surface area contributed by atoms with E-state index in [4.69, 9.17) is 0 Å². The molecule has 0 aliphatic carbocycles. The molecule has 4 atom stereocenters. The van der Waals surface area contributed by atoms with Gasteiger partial charge in [0.15, 0.2) is 0 Å². The van der Waals surface area contributed by atoms with Gasteiger partial charge in [-0.15, -0.1) is 0 Å². The Morgan fingerprint density at radius 1 is 0.421 bits per heavy atom. The van der Waals surface area contributed by atoms with Crippen molar-refractivity contribution in [2.24, 2.45) is 0 Å². The monoisotopic (exact) mass is 804 g/mol. The van der Waals surface area contributed by atoms with Gasteiger partial charge in [0.1, 0.15) is 12.2 Å². The van der Waals surface area contributed by atoms with Gasteiger partial charge in [0, 0.05) is 0 Å². The third-order valence-electron chi connectivity index (χ3n) is 11.6. The van der Waals surface area contributed by atoms with Crippen LogP contribution in [0.1, 0.15) is 251 Å². The van der Waals surface area contributed by atoms with Crippen molar-refractivity contribution in [3.05, 3.63) is 36.5 Å². The number of aliphatic hydroxyl groups is 4. The van der Waals surface area contributed by atoms with Gasteiger partial charge in [0.05, 0.1) is 18.8 Å². The molecule has 0 spiro atoms. The minimum atomic E-state index is -1.29. The molecule has 0 fully saturated rings. The molecule has 336 valence electrons. The van der Waals surface area contributed by atoms with Gasteiger partial charge in [-0.2, -0.15) is 0 Å². The van der Waals surface area contributed by atoms with Crippen molar-refractivity contribution in [3.63, 3.8) is 0 Å². The summed E-state index contributed by atoms with van der Waals surface area (Å²) in [6, 6.07) is -1.01. The quantitative estimate of drug-likeness (QED) is 0.0311. The van der Waals surface area contributed by atoms with Gasteiger partial charge >= 0.3 is 0 Å². The van der Waals surface area contributed by atoms with E-state index >= 15 is 0 Å². The van der Waals surface area contributed by atoms with Crippen LogP contribution < -0.4 is 5.32 Å². The van der Waals surface area contributed by atoms with Gasteiger partial charge in [-0.05, 0) is 77.0 Å². The van der Waals surface area contributed by atoms with E-state index in [1.165, 1.54) is 167 Å². The van der Waals surface area contributed by atoms with Crippen LogP contribution >= 0.6 is 0 Å². The van der Waals surface area contributed by atoms with E-state index < -0.39 is 36.9 Å². The predicted octanol–water partition coefficient (Wildman–Crippen LogP) is 13.7. The Bertz CT molecular complexity index is 904. The number of amides is 1. The van der Waals surface area contributed by atoms with E-state index in [1.807, 2.05) is 0 Å². The molecule has 0 aromatic rings. The van der Waals surface area contributed by atoms with Gasteiger partial charge in [-0.25, -0.2) is 0 Å². The van der Waals surface area contributed by atoms with Gasteiger partial charge in [-0.3, -0.25) is 4.79 Å². The Balaban J connectivity index is 3.76. The highest BCUT2D eigenvalue weighted by Crippen LogP contribution is 2.16. The highest BCUT2D eigenvalue weighted by molar-refractivity contribution is 5.80. The minimum absolute atomic E-state index is 0.346. The van der Waals surface area contributed by atoms with E-state index in [-0.39, 0.29) is 0 Å². The number of carbonyl (C=O) groups is 1. The Morgan fingerprint density at radius 2 is 0.737 bits per heavy atom. The Kier molecular flexibility index (Phi) is 44.4. The summed E-state index contributed by atoms with van der Waals surface area (Å²) in [5.41, 5.74) is 0. The topological polar surface area (TPSA) is 110 Å². The lowest BCUT2D eigenvalue weighted by Crippen LogP contribution is -2.53. The molecule has 0 saturated carbocycles. The van der Waals surface area contributed by atoms with E-state index in [1.54, 1.807) is 0 Å². The van der Waals surface area contributed by atoms with Gasteiger partial charge < -0.3 is 25.7 Å². The third kappa shape index (κ3) is 39.7. The van der Waals surface area contributed by atoms with Crippen LogP contribution in [0.25, 0.3) is 0 Å². The fourth-order valence-electron chi connectivity index (χ4n) is 7.59. The van der Waals surface area contributed by atoms with Crippen LogP contribution in [0.3, 0.4) is 0 Å². The number of unbranched alkanes of at least 4 members (excludes halogenated alkanes) is 30. The third-order valence-corrected chi connectivity index (χ3v) is 11.6. The lowest BCUT2D eigenvalue weighted by molar-refractivity contribution is -0.132. The van der Waals surface area contributed by atoms with Crippen molar-refractivity contribution in [2.75, 3.05) is 6.61 Å². The maximum Gasteiger partial charge on any atom is 0.249 e. The Hall–Kier alpha value is -1.47. The molecular weight excluding hydrogens is 707 g/mol. The van der Waals surface area contributed by atoms with Gasteiger partial charge in [-0.1, -0.05) is 211 Å². The number of nitrogens with one attached hydrogen (secondary N) is 1. The molecule has 6 nitrogen and oxygen atoms in total. The number of hydrogen-bond acceptors (Lipinski definition) is 5. The van der Waals surface area contributed by atoms with E-state index in [2.05, 4.69) is 55.6 Å². The largest absolute Gasteiger partial charge is 0.394 e. The smallest absolute Gasteiger partial charge is 0.249 e. The van der Waals surface area contributed by atoms with E-state index in [9.17, 15) is 25.2 Å². The maximum absolute atomic E-state index is 12.5. The SMILES string of the molecule is CCCCCCCCCCC/C=C\CCCCCCC(O)C(=O)NC(CO)C(O)C(O)CCC/C=C/CC/C=C/CCCCCCCCCCCCCCCCC.